The van der Waals surface area contributed by atoms with Crippen molar-refractivity contribution in [1.82, 2.24) is 0 Å². The van der Waals surface area contributed by atoms with Crippen LogP contribution >= 0.6 is 22.9 Å². The van der Waals surface area contributed by atoms with Crippen LogP contribution in [0.2, 0.25) is 4.34 Å². The quantitative estimate of drug-likeness (QED) is 0.891. The fraction of sp³-hybridized carbons (Fsp3) is 0.286. The van der Waals surface area contributed by atoms with E-state index in [0.29, 0.717) is 16.3 Å². The molecule has 2 nitrogen and oxygen atoms in total. The van der Waals surface area contributed by atoms with Crippen molar-refractivity contribution in [2.75, 3.05) is 13.2 Å². The van der Waals surface area contributed by atoms with E-state index in [1.807, 2.05) is 6.07 Å². The summed E-state index contributed by atoms with van der Waals surface area (Å²) in [6.45, 7) is -0.435. The molecule has 0 aliphatic carbocycles. The lowest BCUT2D eigenvalue weighted by atomic mass is 9.78. The molecule has 2 N–H and O–H groups in total. The van der Waals surface area contributed by atoms with Gasteiger partial charge in [0.05, 0.1) is 17.6 Å². The average molecular weight is 301 g/mol. The maximum Gasteiger partial charge on any atom is 0.123 e. The number of hydrogen-bond acceptors (Lipinski definition) is 3. The van der Waals surface area contributed by atoms with Crippen LogP contribution in [0.15, 0.2) is 36.4 Å². The van der Waals surface area contributed by atoms with Gasteiger partial charge in [-0.15, -0.1) is 11.3 Å². The first-order chi connectivity index (χ1) is 9.09. The number of halogens is 2. The molecule has 0 fully saturated rings. The topological polar surface area (TPSA) is 40.5 Å². The van der Waals surface area contributed by atoms with E-state index in [9.17, 15) is 14.6 Å². The van der Waals surface area contributed by atoms with Crippen LogP contribution in [-0.4, -0.2) is 23.4 Å². The predicted octanol–water partition coefficient (Wildman–Crippen LogP) is 3.01. The maximum absolute atomic E-state index is 13.0. The molecule has 0 unspecified atom stereocenters. The fourth-order valence-corrected chi connectivity index (χ4v) is 3.26. The highest BCUT2D eigenvalue weighted by Crippen LogP contribution is 2.32. The van der Waals surface area contributed by atoms with Crippen molar-refractivity contribution in [1.29, 1.82) is 0 Å². The zero-order valence-corrected chi connectivity index (χ0v) is 11.7. The Balaban J connectivity index is 2.33. The first kappa shape index (κ1) is 14.5. The fourth-order valence-electron chi connectivity index (χ4n) is 2.03. The Morgan fingerprint density at radius 2 is 1.68 bits per heavy atom. The smallest absolute Gasteiger partial charge is 0.123 e. The van der Waals surface area contributed by atoms with Crippen LogP contribution in [0.5, 0.6) is 0 Å². The molecule has 5 heteroatoms. The lowest BCUT2D eigenvalue weighted by Crippen LogP contribution is -2.37. The summed E-state index contributed by atoms with van der Waals surface area (Å²) in [7, 11) is 0. The van der Waals surface area contributed by atoms with E-state index in [2.05, 4.69) is 0 Å². The molecule has 0 saturated heterocycles. The van der Waals surface area contributed by atoms with E-state index in [0.717, 1.165) is 4.88 Å². The molecule has 102 valence electrons. The Labute approximate surface area is 120 Å². The minimum absolute atomic E-state index is 0.218. The monoisotopic (exact) mass is 300 g/mol. The highest BCUT2D eigenvalue weighted by atomic mass is 35.5. The largest absolute Gasteiger partial charge is 0.395 e. The van der Waals surface area contributed by atoms with E-state index in [1.165, 1.54) is 23.5 Å². The molecule has 2 aromatic rings. The zero-order chi connectivity index (χ0) is 13.9. The predicted molar refractivity (Wildman–Crippen MR) is 75.3 cm³/mol. The third kappa shape index (κ3) is 3.15. The molecule has 19 heavy (non-hydrogen) atoms. The van der Waals surface area contributed by atoms with Crippen molar-refractivity contribution in [3.8, 4) is 0 Å². The van der Waals surface area contributed by atoms with Crippen LogP contribution in [0.1, 0.15) is 10.4 Å². The molecule has 1 aromatic carbocycles. The zero-order valence-electron chi connectivity index (χ0n) is 10.1. The van der Waals surface area contributed by atoms with Crippen molar-refractivity contribution >= 4 is 22.9 Å². The minimum atomic E-state index is -0.818. The highest BCUT2D eigenvalue weighted by molar-refractivity contribution is 7.16. The molecule has 0 aliphatic heterocycles. The second kappa shape index (κ2) is 6.01. The Kier molecular flexibility index (Phi) is 4.58. The van der Waals surface area contributed by atoms with E-state index in [1.54, 1.807) is 18.2 Å². The summed E-state index contributed by atoms with van der Waals surface area (Å²) in [6.07, 6.45) is 0.461. The number of rotatable bonds is 5. The Morgan fingerprint density at radius 1 is 1.05 bits per heavy atom. The van der Waals surface area contributed by atoms with Gasteiger partial charge in [0.2, 0.25) is 0 Å². The van der Waals surface area contributed by atoms with Crippen LogP contribution in [0, 0.1) is 5.82 Å². The van der Waals surface area contributed by atoms with Crippen molar-refractivity contribution in [3.05, 3.63) is 57.0 Å². The molecule has 0 radical (unpaired) electrons. The Hall–Kier alpha value is -0.940. The molecule has 1 aromatic heterocycles. The van der Waals surface area contributed by atoms with Gasteiger partial charge in [0.15, 0.2) is 0 Å². The van der Waals surface area contributed by atoms with Gasteiger partial charge in [-0.3, -0.25) is 0 Å². The molecule has 2 rings (SSSR count). The van der Waals surface area contributed by atoms with Gasteiger partial charge in [-0.2, -0.15) is 0 Å². The van der Waals surface area contributed by atoms with Crippen LogP contribution in [0.25, 0.3) is 0 Å². The second-order valence-corrected chi connectivity index (χ2v) is 6.29. The lowest BCUT2D eigenvalue weighted by molar-refractivity contribution is 0.117. The summed E-state index contributed by atoms with van der Waals surface area (Å²) in [5.41, 5.74) is -0.106. The summed E-state index contributed by atoms with van der Waals surface area (Å²) >= 11 is 7.30. The maximum atomic E-state index is 13.0. The molecule has 0 saturated carbocycles. The van der Waals surface area contributed by atoms with Gasteiger partial charge >= 0.3 is 0 Å². The Bertz CT molecular complexity index is 535. The van der Waals surface area contributed by atoms with Crippen molar-refractivity contribution in [2.24, 2.45) is 0 Å². The number of aliphatic hydroxyl groups excluding tert-OH is 2. The van der Waals surface area contributed by atoms with E-state index >= 15 is 0 Å². The summed E-state index contributed by atoms with van der Waals surface area (Å²) in [5.74, 6) is -0.340. The third-order valence-corrected chi connectivity index (χ3v) is 4.43. The molecule has 1 heterocycles. The Morgan fingerprint density at radius 3 is 2.16 bits per heavy atom. The van der Waals surface area contributed by atoms with E-state index in [4.69, 9.17) is 11.6 Å². The molecule has 0 aliphatic rings. The van der Waals surface area contributed by atoms with Crippen LogP contribution in [0.3, 0.4) is 0 Å². The van der Waals surface area contributed by atoms with Gasteiger partial charge < -0.3 is 10.2 Å². The standard InChI is InChI=1S/C14H14ClFO2S/c15-13-6-5-12(19-13)7-14(8-17,9-18)10-1-3-11(16)4-2-10/h1-6,17-18H,7-9H2. The summed E-state index contributed by atoms with van der Waals surface area (Å²) in [6, 6.07) is 9.50. The van der Waals surface area contributed by atoms with Gasteiger partial charge in [0, 0.05) is 10.3 Å². The van der Waals surface area contributed by atoms with Crippen LogP contribution < -0.4 is 0 Å². The van der Waals surface area contributed by atoms with E-state index < -0.39 is 5.41 Å². The average Bonchev–Trinajstić information content (AvgIpc) is 2.82. The van der Waals surface area contributed by atoms with Gasteiger partial charge in [-0.05, 0) is 36.2 Å². The van der Waals surface area contributed by atoms with Crippen molar-refractivity contribution in [2.45, 2.75) is 11.8 Å². The highest BCUT2D eigenvalue weighted by Gasteiger charge is 2.32. The van der Waals surface area contributed by atoms with E-state index in [-0.39, 0.29) is 19.0 Å². The minimum Gasteiger partial charge on any atom is -0.395 e. The number of aliphatic hydroxyl groups is 2. The second-order valence-electron chi connectivity index (χ2n) is 4.49. The number of hydrogen-bond donors (Lipinski definition) is 2. The molecular weight excluding hydrogens is 287 g/mol. The van der Waals surface area contributed by atoms with Crippen molar-refractivity contribution < 1.29 is 14.6 Å². The van der Waals surface area contributed by atoms with Gasteiger partial charge in [-0.25, -0.2) is 4.39 Å². The lowest BCUT2D eigenvalue weighted by Gasteiger charge is -2.30. The summed E-state index contributed by atoms with van der Waals surface area (Å²) in [4.78, 5) is 0.970. The molecular formula is C14H14ClFO2S. The first-order valence-electron chi connectivity index (χ1n) is 5.81. The summed E-state index contributed by atoms with van der Waals surface area (Å²) < 4.78 is 13.6. The molecule has 0 bridgehead atoms. The molecule has 0 atom stereocenters. The number of thiophene rings is 1. The van der Waals surface area contributed by atoms with Gasteiger partial charge in [0.25, 0.3) is 0 Å². The molecule has 0 amide bonds. The third-order valence-electron chi connectivity index (χ3n) is 3.20. The van der Waals surface area contributed by atoms with Crippen LogP contribution in [-0.2, 0) is 11.8 Å². The normalized spacial score (nSPS) is 11.8. The SMILES string of the molecule is OCC(CO)(Cc1ccc(Cl)s1)c1ccc(F)cc1. The summed E-state index contributed by atoms with van der Waals surface area (Å²) in [5, 5.41) is 19.4. The molecule has 0 spiro atoms. The van der Waals surface area contributed by atoms with Crippen molar-refractivity contribution in [3.63, 3.8) is 0 Å². The first-order valence-corrected chi connectivity index (χ1v) is 7.01. The van der Waals surface area contributed by atoms with Gasteiger partial charge in [0.1, 0.15) is 5.82 Å². The van der Waals surface area contributed by atoms with Crippen LogP contribution in [0.4, 0.5) is 4.39 Å². The number of benzene rings is 1. The van der Waals surface area contributed by atoms with Gasteiger partial charge in [-0.1, -0.05) is 23.7 Å².